The van der Waals surface area contributed by atoms with Crippen molar-refractivity contribution in [3.8, 4) is 0 Å². The van der Waals surface area contributed by atoms with Gasteiger partial charge in [-0.1, -0.05) is 24.3 Å². The van der Waals surface area contributed by atoms with Crippen molar-refractivity contribution in [2.75, 3.05) is 27.2 Å². The predicted molar refractivity (Wildman–Crippen MR) is 98.9 cm³/mol. The summed E-state index contributed by atoms with van der Waals surface area (Å²) in [4.78, 5) is 3.39. The number of ether oxygens (including phenoxy) is 1. The number of aliphatic hydroxyl groups is 1. The molecule has 1 aromatic carbocycles. The van der Waals surface area contributed by atoms with Crippen molar-refractivity contribution in [1.29, 1.82) is 0 Å². The van der Waals surface area contributed by atoms with Crippen molar-refractivity contribution in [2.24, 2.45) is 5.92 Å². The van der Waals surface area contributed by atoms with Crippen LogP contribution < -0.4 is 0 Å². The molecule has 1 aliphatic carbocycles. The number of fused-ring (bicyclic) bond motifs is 2. The fourth-order valence-electron chi connectivity index (χ4n) is 4.14. The minimum atomic E-state index is -0.954. The minimum Gasteiger partial charge on any atom is -0.495 e. The molecule has 0 radical (unpaired) electrons. The van der Waals surface area contributed by atoms with Crippen LogP contribution >= 0.6 is 11.3 Å². The van der Waals surface area contributed by atoms with Gasteiger partial charge in [-0.25, -0.2) is 0 Å². The Kier molecular flexibility index (Phi) is 3.99. The predicted octanol–water partition coefficient (Wildman–Crippen LogP) is 3.78. The Morgan fingerprint density at radius 2 is 1.92 bits per heavy atom. The zero-order valence-electron chi connectivity index (χ0n) is 14.2. The molecule has 0 bridgehead atoms. The fourth-order valence-corrected chi connectivity index (χ4v) is 5.09. The maximum Gasteiger partial charge on any atom is 0.137 e. The van der Waals surface area contributed by atoms with Gasteiger partial charge in [0.05, 0.1) is 12.0 Å². The molecule has 1 fully saturated rings. The topological polar surface area (TPSA) is 32.7 Å². The van der Waals surface area contributed by atoms with Gasteiger partial charge in [-0.05, 0) is 67.5 Å². The molecule has 1 aliphatic heterocycles. The van der Waals surface area contributed by atoms with Crippen LogP contribution in [0.15, 0.2) is 35.7 Å². The highest BCUT2D eigenvalue weighted by molar-refractivity contribution is 7.11. The van der Waals surface area contributed by atoms with Crippen molar-refractivity contribution in [2.45, 2.75) is 18.4 Å². The quantitative estimate of drug-likeness (QED) is 0.902. The van der Waals surface area contributed by atoms with Crippen LogP contribution in [0.3, 0.4) is 0 Å². The van der Waals surface area contributed by atoms with Crippen LogP contribution in [0.4, 0.5) is 0 Å². The van der Waals surface area contributed by atoms with Gasteiger partial charge in [-0.15, -0.1) is 11.3 Å². The van der Waals surface area contributed by atoms with Gasteiger partial charge in [0.25, 0.3) is 0 Å². The number of rotatable bonds is 2. The normalized spacial score (nSPS) is 24.7. The zero-order chi connectivity index (χ0) is 16.7. The highest BCUT2D eigenvalue weighted by atomic mass is 32.1. The van der Waals surface area contributed by atoms with E-state index in [1.165, 1.54) is 0 Å². The van der Waals surface area contributed by atoms with Crippen LogP contribution in [0.25, 0.3) is 11.8 Å². The zero-order valence-corrected chi connectivity index (χ0v) is 15.0. The van der Waals surface area contributed by atoms with Crippen LogP contribution in [0.5, 0.6) is 0 Å². The number of hydrogen-bond donors (Lipinski definition) is 1. The standard InChI is InChI=1S/C20H23NO2S/c1-21-10-7-15(8-11-21)20(22)16-6-4-3-5-14(16)13-18(23-2)19-17(20)9-12-24-19/h3-6,9,12-13,15,22H,7-8,10-11H2,1-2H3/t20-/m1/s1. The van der Waals surface area contributed by atoms with Crippen molar-refractivity contribution in [3.05, 3.63) is 57.3 Å². The summed E-state index contributed by atoms with van der Waals surface area (Å²) in [7, 11) is 3.86. The number of hydrogen-bond acceptors (Lipinski definition) is 4. The van der Waals surface area contributed by atoms with Gasteiger partial charge >= 0.3 is 0 Å². The Bertz CT molecular complexity index is 773. The Morgan fingerprint density at radius 1 is 1.17 bits per heavy atom. The summed E-state index contributed by atoms with van der Waals surface area (Å²) in [5.41, 5.74) is 2.11. The number of likely N-dealkylation sites (tertiary alicyclic amines) is 1. The van der Waals surface area contributed by atoms with Gasteiger partial charge < -0.3 is 14.7 Å². The first-order valence-electron chi connectivity index (χ1n) is 8.49. The molecular weight excluding hydrogens is 318 g/mol. The maximum absolute atomic E-state index is 12.1. The van der Waals surface area contributed by atoms with E-state index in [2.05, 4.69) is 41.6 Å². The lowest BCUT2D eigenvalue weighted by Crippen LogP contribution is -2.43. The molecule has 4 heteroatoms. The second-order valence-corrected chi connectivity index (χ2v) is 7.72. The van der Waals surface area contributed by atoms with Crippen molar-refractivity contribution in [3.63, 3.8) is 0 Å². The van der Waals surface area contributed by atoms with Gasteiger partial charge in [0.1, 0.15) is 11.4 Å². The number of thiophene rings is 1. The summed E-state index contributed by atoms with van der Waals surface area (Å²) in [5, 5.41) is 14.1. The average Bonchev–Trinajstić information content (AvgIpc) is 3.06. The van der Waals surface area contributed by atoms with Crippen molar-refractivity contribution in [1.82, 2.24) is 4.90 Å². The van der Waals surface area contributed by atoms with Gasteiger partial charge in [0, 0.05) is 5.56 Å². The first-order valence-corrected chi connectivity index (χ1v) is 9.37. The first-order chi connectivity index (χ1) is 11.6. The van der Waals surface area contributed by atoms with E-state index in [9.17, 15) is 5.11 Å². The highest BCUT2D eigenvalue weighted by Gasteiger charge is 2.45. The summed E-state index contributed by atoms with van der Waals surface area (Å²) in [6.07, 6.45) is 4.06. The van der Waals surface area contributed by atoms with E-state index in [1.54, 1.807) is 18.4 Å². The second kappa shape index (κ2) is 6.03. The number of nitrogens with zero attached hydrogens (tertiary/aromatic N) is 1. The van der Waals surface area contributed by atoms with Crippen LogP contribution in [0, 0.1) is 5.92 Å². The minimum absolute atomic E-state index is 0.216. The number of piperidine rings is 1. The van der Waals surface area contributed by atoms with Crippen LogP contribution in [-0.4, -0.2) is 37.3 Å². The highest BCUT2D eigenvalue weighted by Crippen LogP contribution is 2.49. The number of benzene rings is 1. The summed E-state index contributed by atoms with van der Waals surface area (Å²) in [6.45, 7) is 2.05. The van der Waals surface area contributed by atoms with Gasteiger partial charge in [0.15, 0.2) is 0 Å². The molecule has 2 aromatic rings. The van der Waals surface area contributed by atoms with Gasteiger partial charge in [0.2, 0.25) is 0 Å². The van der Waals surface area contributed by atoms with E-state index in [-0.39, 0.29) is 5.92 Å². The molecule has 126 valence electrons. The monoisotopic (exact) mass is 341 g/mol. The van der Waals surface area contributed by atoms with E-state index >= 15 is 0 Å². The fraction of sp³-hybridized carbons (Fsp3) is 0.400. The Morgan fingerprint density at radius 3 is 2.67 bits per heavy atom. The molecular formula is C20H23NO2S. The molecule has 1 aromatic heterocycles. The van der Waals surface area contributed by atoms with Crippen molar-refractivity contribution < 1.29 is 9.84 Å². The summed E-state index contributed by atoms with van der Waals surface area (Å²) in [5.74, 6) is 1.06. The Hall–Kier alpha value is -1.62. The smallest absolute Gasteiger partial charge is 0.137 e. The van der Waals surface area contributed by atoms with E-state index in [0.29, 0.717) is 0 Å². The lowest BCUT2D eigenvalue weighted by molar-refractivity contribution is -0.0108. The third kappa shape index (κ3) is 2.32. The third-order valence-electron chi connectivity index (χ3n) is 5.49. The molecule has 0 spiro atoms. The lowest BCUT2D eigenvalue weighted by Gasteiger charge is -2.41. The Balaban J connectivity index is 1.92. The molecule has 24 heavy (non-hydrogen) atoms. The molecule has 0 amide bonds. The maximum atomic E-state index is 12.1. The van der Waals surface area contributed by atoms with Crippen LogP contribution in [0.1, 0.15) is 34.4 Å². The summed E-state index contributed by atoms with van der Waals surface area (Å²) in [6, 6.07) is 10.3. The molecule has 3 nitrogen and oxygen atoms in total. The van der Waals surface area contributed by atoms with Crippen molar-refractivity contribution >= 4 is 23.2 Å². The van der Waals surface area contributed by atoms with Gasteiger partial charge in [-0.3, -0.25) is 0 Å². The second-order valence-electron chi connectivity index (χ2n) is 6.81. The molecule has 1 N–H and O–H groups in total. The molecule has 4 rings (SSSR count). The van der Waals surface area contributed by atoms with Gasteiger partial charge in [-0.2, -0.15) is 0 Å². The summed E-state index contributed by atoms with van der Waals surface area (Å²) >= 11 is 1.65. The molecule has 1 saturated heterocycles. The number of methoxy groups -OCH3 is 1. The molecule has 0 saturated carbocycles. The van der Waals surface area contributed by atoms with E-state index < -0.39 is 5.60 Å². The third-order valence-corrected chi connectivity index (χ3v) is 6.42. The molecule has 0 unspecified atom stereocenters. The largest absolute Gasteiger partial charge is 0.495 e. The SMILES string of the molecule is COC1=Cc2ccccc2[C@](O)(C2CCN(C)CC2)c2ccsc21. The first kappa shape index (κ1) is 15.9. The molecule has 2 aliphatic rings. The van der Waals surface area contributed by atoms with E-state index in [1.807, 2.05) is 12.1 Å². The molecule has 2 heterocycles. The van der Waals surface area contributed by atoms with E-state index in [0.717, 1.165) is 53.3 Å². The van der Waals surface area contributed by atoms with Crippen LogP contribution in [0.2, 0.25) is 0 Å². The summed E-state index contributed by atoms with van der Waals surface area (Å²) < 4.78 is 5.66. The average molecular weight is 341 g/mol. The van der Waals surface area contributed by atoms with Crippen LogP contribution in [-0.2, 0) is 10.3 Å². The Labute approximate surface area is 147 Å². The molecule has 1 atom stereocenters. The van der Waals surface area contributed by atoms with E-state index in [4.69, 9.17) is 4.74 Å². The lowest BCUT2D eigenvalue weighted by atomic mass is 9.71.